The van der Waals surface area contributed by atoms with E-state index in [1.54, 1.807) is 48.5 Å². The van der Waals surface area contributed by atoms with Gasteiger partial charge in [0.2, 0.25) is 0 Å². The van der Waals surface area contributed by atoms with Crippen molar-refractivity contribution in [2.45, 2.75) is 6.42 Å². The van der Waals surface area contributed by atoms with Gasteiger partial charge in [-0.2, -0.15) is 0 Å². The first-order valence-electron chi connectivity index (χ1n) is 9.92. The third kappa shape index (κ3) is 8.70. The molecule has 1 aliphatic heterocycles. The molecule has 0 bridgehead atoms. The van der Waals surface area contributed by atoms with E-state index >= 15 is 0 Å². The van der Waals surface area contributed by atoms with Crippen LogP contribution in [0.25, 0.3) is 0 Å². The molecule has 2 N–H and O–H groups in total. The normalized spacial score (nSPS) is 10.5. The Morgan fingerprint density at radius 3 is 2.06 bits per heavy atom. The first-order chi connectivity index (χ1) is 16.2. The molecule has 0 unspecified atom stereocenters. The minimum absolute atomic E-state index is 0. The summed E-state index contributed by atoms with van der Waals surface area (Å²) in [4.78, 5) is 11.0. The Morgan fingerprint density at radius 1 is 0.800 bits per heavy atom. The van der Waals surface area contributed by atoms with Gasteiger partial charge in [-0.15, -0.1) is 0 Å². The summed E-state index contributed by atoms with van der Waals surface area (Å²) < 4.78 is 5.68. The Kier molecular flexibility index (Phi) is 11.9. The van der Waals surface area contributed by atoms with Crippen LogP contribution in [-0.4, -0.2) is 16.2 Å². The predicted molar refractivity (Wildman–Crippen MR) is 131 cm³/mol. The van der Waals surface area contributed by atoms with E-state index in [9.17, 15) is 9.90 Å². The van der Waals surface area contributed by atoms with Crippen molar-refractivity contribution in [3.63, 3.8) is 0 Å². The largest absolute Gasteiger partial charge is 1.00 e. The zero-order chi connectivity index (χ0) is 24.7. The van der Waals surface area contributed by atoms with Crippen molar-refractivity contribution >= 4 is 40.8 Å². The average Bonchev–Trinajstić information content (AvgIpc) is 2.80. The fraction of sp³-hybridized carbons (Fsp3) is 0.0385. The van der Waals surface area contributed by atoms with Crippen LogP contribution in [0.4, 0.5) is 0 Å². The van der Waals surface area contributed by atoms with Crippen LogP contribution in [0, 0.1) is 0 Å². The molecular formula is C26H18Cl3KO5. The number of carboxylic acid groups (broad SMARTS) is 1. The Bertz CT molecular complexity index is 1300. The van der Waals surface area contributed by atoms with E-state index in [2.05, 4.69) is 0 Å². The van der Waals surface area contributed by atoms with Gasteiger partial charge in [0.05, 0.1) is 11.0 Å². The molecule has 5 nitrogen and oxygen atoms in total. The standard InChI is InChI=1S/C14H10O3.C6H4Cl2O.C6H5ClO.K/c15-14(16)10-5-3-7-13-11(10)8-9-4-1-2-6-12(9)17-13;7-4-1-2-5(8)6(9)3-4;7-5-2-1-3-6(8)4-5;/h1-7H,8H2,(H,15,16);1-3,9H;1-4,8H;/q;;;+1/p-1. The van der Waals surface area contributed by atoms with Gasteiger partial charge >= 0.3 is 51.4 Å². The third-order valence-electron chi connectivity index (χ3n) is 4.63. The number of aromatic carboxylic acids is 1. The number of carbonyl (C=O) groups is 1. The summed E-state index contributed by atoms with van der Waals surface area (Å²) in [5.74, 6) is 0.451. The number of phenolic OH excluding ortho intramolecular Hbond substituents is 2. The summed E-state index contributed by atoms with van der Waals surface area (Å²) in [6.45, 7) is 0. The summed E-state index contributed by atoms with van der Waals surface area (Å²) in [5.41, 5.74) is 1.89. The Morgan fingerprint density at radius 2 is 1.46 bits per heavy atom. The van der Waals surface area contributed by atoms with Crippen LogP contribution in [0.2, 0.25) is 15.1 Å². The van der Waals surface area contributed by atoms with E-state index in [1.165, 1.54) is 12.1 Å². The maximum atomic E-state index is 11.0. The molecule has 5 rings (SSSR count). The molecular weight excluding hydrogens is 538 g/mol. The number of carboxylic acids is 1. The molecule has 4 aromatic carbocycles. The van der Waals surface area contributed by atoms with Crippen LogP contribution in [0.1, 0.15) is 21.5 Å². The predicted octanol–water partition coefficient (Wildman–Crippen LogP) is 3.50. The molecule has 1 aliphatic rings. The average molecular weight is 556 g/mol. The van der Waals surface area contributed by atoms with Crippen LogP contribution in [-0.2, 0) is 6.42 Å². The van der Waals surface area contributed by atoms with Crippen molar-refractivity contribution in [3.05, 3.63) is 117 Å². The van der Waals surface area contributed by atoms with Crippen LogP contribution >= 0.6 is 34.8 Å². The van der Waals surface area contributed by atoms with Crippen molar-refractivity contribution in [3.8, 4) is 23.0 Å². The summed E-state index contributed by atoms with van der Waals surface area (Å²) in [5, 5.41) is 30.0. The van der Waals surface area contributed by atoms with Gasteiger partial charge < -0.3 is 24.9 Å². The molecule has 0 atom stereocenters. The summed E-state index contributed by atoms with van der Waals surface area (Å²) in [6, 6.07) is 23.6. The maximum absolute atomic E-state index is 11.0. The monoisotopic (exact) mass is 554 g/mol. The number of ether oxygens (including phenoxy) is 1. The maximum Gasteiger partial charge on any atom is 1.00 e. The van der Waals surface area contributed by atoms with Crippen molar-refractivity contribution in [2.24, 2.45) is 0 Å². The number of hydrogen-bond donors (Lipinski definition) is 2. The van der Waals surface area contributed by atoms with E-state index < -0.39 is 5.97 Å². The van der Waals surface area contributed by atoms with Gasteiger partial charge in [-0.1, -0.05) is 71.2 Å². The van der Waals surface area contributed by atoms with Crippen molar-refractivity contribution in [1.29, 1.82) is 0 Å². The number of para-hydroxylation sites is 1. The summed E-state index contributed by atoms with van der Waals surface area (Å²) in [6.07, 6.45) is 0.565. The Balaban J connectivity index is 0.000000204. The smallest absolute Gasteiger partial charge is 0.545 e. The molecule has 35 heavy (non-hydrogen) atoms. The number of phenols is 2. The molecule has 174 valence electrons. The molecule has 0 saturated heterocycles. The van der Waals surface area contributed by atoms with E-state index in [4.69, 9.17) is 49.8 Å². The topological polar surface area (TPSA) is 89.8 Å². The van der Waals surface area contributed by atoms with Gasteiger partial charge in [-0.25, -0.2) is 0 Å². The van der Waals surface area contributed by atoms with Crippen molar-refractivity contribution in [1.82, 2.24) is 0 Å². The van der Waals surface area contributed by atoms with Crippen LogP contribution in [0.15, 0.2) is 84.9 Å². The minimum Gasteiger partial charge on any atom is -0.545 e. The summed E-state index contributed by atoms with van der Waals surface area (Å²) >= 11 is 16.5. The van der Waals surface area contributed by atoms with Gasteiger partial charge in [-0.05, 0) is 48.0 Å². The van der Waals surface area contributed by atoms with E-state index in [-0.39, 0.29) is 68.4 Å². The number of halogens is 3. The van der Waals surface area contributed by atoms with Crippen LogP contribution in [0.5, 0.6) is 23.0 Å². The van der Waals surface area contributed by atoms with Gasteiger partial charge in [0.1, 0.15) is 23.0 Å². The second kappa shape index (κ2) is 14.1. The van der Waals surface area contributed by atoms with E-state index in [0.29, 0.717) is 32.8 Å². The number of hydrogen-bond acceptors (Lipinski definition) is 5. The van der Waals surface area contributed by atoms with Gasteiger partial charge in [-0.3, -0.25) is 0 Å². The molecule has 0 aromatic heterocycles. The zero-order valence-corrected chi connectivity index (χ0v) is 23.9. The molecule has 0 fully saturated rings. The first kappa shape index (κ1) is 29.5. The Hall–Kier alpha value is -1.74. The van der Waals surface area contributed by atoms with Gasteiger partial charge in [0.25, 0.3) is 0 Å². The second-order valence-electron chi connectivity index (χ2n) is 7.03. The molecule has 0 spiro atoms. The van der Waals surface area contributed by atoms with Gasteiger partial charge in [0.15, 0.2) is 0 Å². The van der Waals surface area contributed by atoms with E-state index in [1.807, 2.05) is 24.3 Å². The van der Waals surface area contributed by atoms with E-state index in [0.717, 1.165) is 11.3 Å². The molecule has 0 saturated carbocycles. The molecule has 0 aliphatic carbocycles. The number of benzene rings is 4. The molecule has 0 amide bonds. The van der Waals surface area contributed by atoms with Crippen LogP contribution in [0.3, 0.4) is 0 Å². The zero-order valence-electron chi connectivity index (χ0n) is 18.5. The number of rotatable bonds is 1. The van der Waals surface area contributed by atoms with Crippen LogP contribution < -0.4 is 61.2 Å². The first-order valence-corrected chi connectivity index (χ1v) is 11.1. The Labute approximate surface area is 260 Å². The minimum atomic E-state index is -1.16. The molecule has 9 heteroatoms. The fourth-order valence-corrected chi connectivity index (χ4v) is 3.52. The van der Waals surface area contributed by atoms with Crippen molar-refractivity contribution < 1.29 is 76.2 Å². The third-order valence-corrected chi connectivity index (χ3v) is 5.42. The molecule has 1 heterocycles. The van der Waals surface area contributed by atoms with Crippen molar-refractivity contribution in [2.75, 3.05) is 0 Å². The SMILES string of the molecule is O=C([O-])c1cccc2c1Cc1ccccc1O2.Oc1cc(Cl)ccc1Cl.Oc1cccc(Cl)c1.[K+]. The fourth-order valence-electron chi connectivity index (χ4n) is 3.06. The number of aromatic hydroxyl groups is 2. The summed E-state index contributed by atoms with van der Waals surface area (Å²) in [7, 11) is 0. The second-order valence-corrected chi connectivity index (χ2v) is 8.31. The molecule has 0 radical (unpaired) electrons. The number of carbonyl (C=O) groups excluding carboxylic acids is 1. The molecule has 4 aromatic rings. The van der Waals surface area contributed by atoms with Gasteiger partial charge in [0, 0.05) is 33.7 Å². The quantitative estimate of drug-likeness (QED) is 0.309. The number of fused-ring (bicyclic) bond motifs is 2.